The highest BCUT2D eigenvalue weighted by atomic mass is 19.1. The van der Waals surface area contributed by atoms with Crippen LogP contribution < -0.4 is 10.6 Å². The summed E-state index contributed by atoms with van der Waals surface area (Å²) < 4.78 is 13.6. The number of piperidine rings is 1. The molecule has 2 bridgehead atoms. The van der Waals surface area contributed by atoms with Gasteiger partial charge < -0.3 is 15.7 Å². The number of benzene rings is 1. The number of fused-ring (bicyclic) bond motifs is 2. The fourth-order valence-electron chi connectivity index (χ4n) is 3.17. The topological polar surface area (TPSA) is 61.4 Å². The molecule has 102 valence electrons. The van der Waals surface area contributed by atoms with E-state index < -0.39 is 11.7 Å². The lowest BCUT2D eigenvalue weighted by molar-refractivity contribution is 0.0917. The number of aromatic hydroxyl groups is 1. The molecule has 1 aromatic rings. The van der Waals surface area contributed by atoms with Crippen molar-refractivity contribution in [2.45, 2.75) is 43.8 Å². The molecule has 2 fully saturated rings. The molecule has 3 rings (SSSR count). The maximum absolute atomic E-state index is 13.6. The van der Waals surface area contributed by atoms with E-state index in [9.17, 15) is 14.3 Å². The van der Waals surface area contributed by atoms with Gasteiger partial charge in [0.05, 0.1) is 0 Å². The standard InChI is InChI=1S/C14H17FN2O2/c15-11-2-1-3-12(18)13(11)14(19)17-10-6-8-4-5-9(7-10)16-8/h1-3,8-10,16,18H,4-7H2,(H,17,19). The summed E-state index contributed by atoms with van der Waals surface area (Å²) in [6.45, 7) is 0. The normalized spacial score (nSPS) is 29.2. The van der Waals surface area contributed by atoms with Crippen molar-refractivity contribution in [3.05, 3.63) is 29.6 Å². The molecule has 1 aromatic carbocycles. The van der Waals surface area contributed by atoms with Gasteiger partial charge in [-0.05, 0) is 37.8 Å². The molecule has 19 heavy (non-hydrogen) atoms. The Labute approximate surface area is 111 Å². The van der Waals surface area contributed by atoms with Crippen molar-refractivity contribution in [3.8, 4) is 5.75 Å². The maximum atomic E-state index is 13.6. The zero-order valence-electron chi connectivity index (χ0n) is 10.5. The third-order valence-electron chi connectivity index (χ3n) is 4.03. The van der Waals surface area contributed by atoms with Gasteiger partial charge in [-0.2, -0.15) is 0 Å². The highest BCUT2D eigenvalue weighted by molar-refractivity contribution is 5.97. The van der Waals surface area contributed by atoms with Gasteiger partial charge in [0.2, 0.25) is 0 Å². The van der Waals surface area contributed by atoms with Gasteiger partial charge in [0.1, 0.15) is 17.1 Å². The van der Waals surface area contributed by atoms with Crippen LogP contribution in [0.2, 0.25) is 0 Å². The van der Waals surface area contributed by atoms with Crippen molar-refractivity contribution in [3.63, 3.8) is 0 Å². The third-order valence-corrected chi connectivity index (χ3v) is 4.03. The minimum absolute atomic E-state index is 0.0604. The molecule has 5 heteroatoms. The minimum Gasteiger partial charge on any atom is -0.507 e. The van der Waals surface area contributed by atoms with Crippen LogP contribution in [0.4, 0.5) is 4.39 Å². The van der Waals surface area contributed by atoms with Crippen molar-refractivity contribution in [1.82, 2.24) is 10.6 Å². The number of carbonyl (C=O) groups is 1. The number of phenols is 1. The Balaban J connectivity index is 1.71. The zero-order valence-corrected chi connectivity index (χ0v) is 10.5. The second-order valence-corrected chi connectivity index (χ2v) is 5.41. The molecule has 2 saturated heterocycles. The van der Waals surface area contributed by atoms with E-state index in [0.29, 0.717) is 12.1 Å². The summed E-state index contributed by atoms with van der Waals surface area (Å²) in [5.74, 6) is -1.52. The number of nitrogens with one attached hydrogen (secondary N) is 2. The summed E-state index contributed by atoms with van der Waals surface area (Å²) in [5.41, 5.74) is -0.256. The van der Waals surface area contributed by atoms with Crippen LogP contribution in [0.25, 0.3) is 0 Å². The van der Waals surface area contributed by atoms with Crippen molar-refractivity contribution in [2.75, 3.05) is 0 Å². The van der Waals surface area contributed by atoms with Crippen LogP contribution in [-0.2, 0) is 0 Å². The first-order valence-corrected chi connectivity index (χ1v) is 6.68. The Morgan fingerprint density at radius 3 is 2.63 bits per heavy atom. The molecule has 2 atom stereocenters. The predicted octanol–water partition coefficient (Wildman–Crippen LogP) is 1.54. The van der Waals surface area contributed by atoms with E-state index in [1.807, 2.05) is 0 Å². The average Bonchev–Trinajstić information content (AvgIpc) is 2.68. The number of rotatable bonds is 2. The van der Waals surface area contributed by atoms with Gasteiger partial charge in [0.15, 0.2) is 0 Å². The van der Waals surface area contributed by atoms with Crippen LogP contribution in [0.5, 0.6) is 5.75 Å². The van der Waals surface area contributed by atoms with Crippen molar-refractivity contribution < 1.29 is 14.3 Å². The Morgan fingerprint density at radius 1 is 1.32 bits per heavy atom. The van der Waals surface area contributed by atoms with Crippen molar-refractivity contribution in [1.29, 1.82) is 0 Å². The lowest BCUT2D eigenvalue weighted by Crippen LogP contribution is -2.48. The van der Waals surface area contributed by atoms with Gasteiger partial charge in [-0.15, -0.1) is 0 Å². The molecular weight excluding hydrogens is 247 g/mol. The fourth-order valence-corrected chi connectivity index (χ4v) is 3.17. The van der Waals surface area contributed by atoms with Crippen LogP contribution >= 0.6 is 0 Å². The van der Waals surface area contributed by atoms with E-state index in [0.717, 1.165) is 25.7 Å². The number of phenolic OH excluding ortho intramolecular Hbond substituents is 1. The molecule has 4 nitrogen and oxygen atoms in total. The number of hydrogen-bond acceptors (Lipinski definition) is 3. The lowest BCUT2D eigenvalue weighted by Gasteiger charge is -2.29. The van der Waals surface area contributed by atoms with E-state index in [1.54, 1.807) is 0 Å². The van der Waals surface area contributed by atoms with Crippen LogP contribution in [0.1, 0.15) is 36.0 Å². The molecule has 2 heterocycles. The molecule has 0 aromatic heterocycles. The average molecular weight is 264 g/mol. The van der Waals surface area contributed by atoms with E-state index in [-0.39, 0.29) is 17.4 Å². The maximum Gasteiger partial charge on any atom is 0.258 e. The lowest BCUT2D eigenvalue weighted by atomic mass is 9.99. The van der Waals surface area contributed by atoms with Crippen LogP contribution in [0.15, 0.2) is 18.2 Å². The zero-order chi connectivity index (χ0) is 13.4. The Morgan fingerprint density at radius 2 is 2.00 bits per heavy atom. The summed E-state index contributed by atoms with van der Waals surface area (Å²) >= 11 is 0. The van der Waals surface area contributed by atoms with Gasteiger partial charge in [-0.25, -0.2) is 4.39 Å². The molecule has 0 spiro atoms. The first-order valence-electron chi connectivity index (χ1n) is 6.68. The number of hydrogen-bond donors (Lipinski definition) is 3. The second kappa shape index (κ2) is 4.81. The quantitative estimate of drug-likeness (QED) is 0.759. The molecule has 1 amide bonds. The number of carbonyl (C=O) groups excluding carboxylic acids is 1. The second-order valence-electron chi connectivity index (χ2n) is 5.41. The van der Waals surface area contributed by atoms with Gasteiger partial charge in [0.25, 0.3) is 5.91 Å². The highest BCUT2D eigenvalue weighted by Crippen LogP contribution is 2.27. The number of amides is 1. The van der Waals surface area contributed by atoms with Gasteiger partial charge in [-0.3, -0.25) is 4.79 Å². The van der Waals surface area contributed by atoms with E-state index in [2.05, 4.69) is 10.6 Å². The van der Waals surface area contributed by atoms with E-state index in [1.165, 1.54) is 18.2 Å². The van der Waals surface area contributed by atoms with Crippen LogP contribution in [-0.4, -0.2) is 29.1 Å². The molecule has 2 unspecified atom stereocenters. The summed E-state index contributed by atoms with van der Waals surface area (Å²) in [6.07, 6.45) is 4.03. The first kappa shape index (κ1) is 12.4. The fraction of sp³-hybridized carbons (Fsp3) is 0.500. The van der Waals surface area contributed by atoms with Gasteiger partial charge in [-0.1, -0.05) is 6.07 Å². The SMILES string of the molecule is O=C(NC1CC2CCC(C1)N2)c1c(O)cccc1F. The third kappa shape index (κ3) is 2.42. The van der Waals surface area contributed by atoms with E-state index in [4.69, 9.17) is 0 Å². The van der Waals surface area contributed by atoms with Crippen LogP contribution in [0, 0.1) is 5.82 Å². The van der Waals surface area contributed by atoms with Crippen LogP contribution in [0.3, 0.4) is 0 Å². The largest absolute Gasteiger partial charge is 0.507 e. The molecule has 0 saturated carbocycles. The molecule has 0 radical (unpaired) electrons. The Kier molecular flexibility index (Phi) is 3.14. The van der Waals surface area contributed by atoms with Gasteiger partial charge in [0, 0.05) is 18.1 Å². The monoisotopic (exact) mass is 264 g/mol. The van der Waals surface area contributed by atoms with Crippen molar-refractivity contribution in [2.24, 2.45) is 0 Å². The Hall–Kier alpha value is -1.62. The minimum atomic E-state index is -0.686. The summed E-state index contributed by atoms with van der Waals surface area (Å²) in [4.78, 5) is 12.1. The number of halogens is 1. The molecule has 2 aliphatic heterocycles. The van der Waals surface area contributed by atoms with Crippen molar-refractivity contribution >= 4 is 5.91 Å². The Bertz CT molecular complexity index is 474. The molecular formula is C14H17FN2O2. The summed E-state index contributed by atoms with van der Waals surface area (Å²) in [7, 11) is 0. The summed E-state index contributed by atoms with van der Waals surface area (Å²) in [5, 5.41) is 15.9. The molecule has 0 aliphatic carbocycles. The van der Waals surface area contributed by atoms with Gasteiger partial charge >= 0.3 is 0 Å². The molecule has 2 aliphatic rings. The predicted molar refractivity (Wildman–Crippen MR) is 68.5 cm³/mol. The highest BCUT2D eigenvalue weighted by Gasteiger charge is 2.34. The molecule has 3 N–H and O–H groups in total. The first-order chi connectivity index (χ1) is 9.13. The van der Waals surface area contributed by atoms with E-state index >= 15 is 0 Å². The smallest absolute Gasteiger partial charge is 0.258 e. The summed E-state index contributed by atoms with van der Waals surface area (Å²) in [6, 6.07) is 4.86.